The van der Waals surface area contributed by atoms with Crippen molar-refractivity contribution in [1.82, 2.24) is 9.80 Å². The number of benzene rings is 1. The van der Waals surface area contributed by atoms with E-state index in [0.717, 1.165) is 57.8 Å². The number of ether oxygens (including phenoxy) is 1. The molecule has 1 aromatic carbocycles. The van der Waals surface area contributed by atoms with E-state index in [1.807, 2.05) is 4.90 Å². The van der Waals surface area contributed by atoms with E-state index in [0.29, 0.717) is 6.04 Å². The Bertz CT molecular complexity index is 553. The Morgan fingerprint density at radius 2 is 1.96 bits per heavy atom. The van der Waals surface area contributed by atoms with E-state index in [4.69, 9.17) is 4.74 Å². The van der Waals surface area contributed by atoms with Crippen LogP contribution >= 0.6 is 0 Å². The summed E-state index contributed by atoms with van der Waals surface area (Å²) in [4.78, 5) is 16.8. The SMILES string of the molecule is O=C(/C=C/c1ccc(F)cc1)N1CCC[C@@H]1CN1CCOCC1. The van der Waals surface area contributed by atoms with Gasteiger partial charge in [0, 0.05) is 38.3 Å². The minimum atomic E-state index is -0.265. The molecule has 0 saturated carbocycles. The molecule has 0 unspecified atom stereocenters. The maximum Gasteiger partial charge on any atom is 0.246 e. The summed E-state index contributed by atoms with van der Waals surface area (Å²) < 4.78 is 18.3. The van der Waals surface area contributed by atoms with Gasteiger partial charge in [-0.25, -0.2) is 4.39 Å². The fourth-order valence-corrected chi connectivity index (χ4v) is 3.23. The lowest BCUT2D eigenvalue weighted by atomic mass is 10.2. The summed E-state index contributed by atoms with van der Waals surface area (Å²) in [5, 5.41) is 0. The molecule has 2 aliphatic heterocycles. The molecule has 2 aliphatic rings. The Kier molecular flexibility index (Phi) is 5.41. The highest BCUT2D eigenvalue weighted by Crippen LogP contribution is 2.19. The van der Waals surface area contributed by atoms with Gasteiger partial charge in [0.05, 0.1) is 13.2 Å². The average Bonchev–Trinajstić information content (AvgIpc) is 3.03. The third kappa shape index (κ3) is 4.39. The minimum absolute atomic E-state index is 0.0464. The standard InChI is InChI=1S/C18H23FN2O2/c19-16-6-3-15(4-7-16)5-8-18(22)21-9-1-2-17(21)14-20-10-12-23-13-11-20/h3-8,17H,1-2,9-14H2/b8-5+/t17-/m1/s1. The van der Waals surface area contributed by atoms with E-state index in [2.05, 4.69) is 4.90 Å². The highest BCUT2D eigenvalue weighted by atomic mass is 19.1. The largest absolute Gasteiger partial charge is 0.379 e. The summed E-state index contributed by atoms with van der Waals surface area (Å²) >= 11 is 0. The predicted octanol–water partition coefficient (Wildman–Crippen LogP) is 2.16. The lowest BCUT2D eigenvalue weighted by Gasteiger charge is -2.32. The van der Waals surface area contributed by atoms with Crippen LogP contribution in [0.4, 0.5) is 4.39 Å². The first-order valence-corrected chi connectivity index (χ1v) is 8.27. The molecular weight excluding hydrogens is 295 g/mol. The predicted molar refractivity (Wildman–Crippen MR) is 87.4 cm³/mol. The van der Waals surface area contributed by atoms with Crippen LogP contribution in [0.1, 0.15) is 18.4 Å². The normalized spacial score (nSPS) is 22.8. The fourth-order valence-electron chi connectivity index (χ4n) is 3.23. The molecule has 1 aromatic rings. The number of nitrogens with zero attached hydrogens (tertiary/aromatic N) is 2. The molecule has 124 valence electrons. The van der Waals surface area contributed by atoms with Crippen molar-refractivity contribution in [2.75, 3.05) is 39.4 Å². The van der Waals surface area contributed by atoms with E-state index in [9.17, 15) is 9.18 Å². The zero-order chi connectivity index (χ0) is 16.1. The molecule has 2 fully saturated rings. The van der Waals surface area contributed by atoms with Gasteiger partial charge in [0.15, 0.2) is 0 Å². The lowest BCUT2D eigenvalue weighted by Crippen LogP contribution is -2.46. The number of rotatable bonds is 4. The van der Waals surface area contributed by atoms with Gasteiger partial charge in [-0.1, -0.05) is 12.1 Å². The summed E-state index contributed by atoms with van der Waals surface area (Å²) in [5.74, 6) is -0.219. The van der Waals surface area contributed by atoms with Crippen molar-refractivity contribution in [3.63, 3.8) is 0 Å². The van der Waals surface area contributed by atoms with E-state index >= 15 is 0 Å². The van der Waals surface area contributed by atoms with Gasteiger partial charge in [-0.15, -0.1) is 0 Å². The summed E-state index contributed by atoms with van der Waals surface area (Å²) in [6, 6.07) is 6.45. The van der Waals surface area contributed by atoms with Crippen molar-refractivity contribution in [2.45, 2.75) is 18.9 Å². The van der Waals surface area contributed by atoms with Gasteiger partial charge in [0.25, 0.3) is 0 Å². The Morgan fingerprint density at radius 3 is 2.70 bits per heavy atom. The fraction of sp³-hybridized carbons (Fsp3) is 0.500. The summed E-state index contributed by atoms with van der Waals surface area (Å²) in [7, 11) is 0. The number of amides is 1. The smallest absolute Gasteiger partial charge is 0.246 e. The molecule has 0 spiro atoms. The van der Waals surface area contributed by atoms with Crippen molar-refractivity contribution in [3.05, 3.63) is 41.7 Å². The van der Waals surface area contributed by atoms with Crippen molar-refractivity contribution < 1.29 is 13.9 Å². The van der Waals surface area contributed by atoms with Crippen molar-refractivity contribution in [1.29, 1.82) is 0 Å². The molecule has 0 radical (unpaired) electrons. The van der Waals surface area contributed by atoms with Gasteiger partial charge in [-0.3, -0.25) is 9.69 Å². The number of likely N-dealkylation sites (tertiary alicyclic amines) is 1. The second-order valence-electron chi connectivity index (χ2n) is 6.13. The van der Waals surface area contributed by atoms with Gasteiger partial charge in [-0.2, -0.15) is 0 Å². The maximum atomic E-state index is 12.9. The Morgan fingerprint density at radius 1 is 1.22 bits per heavy atom. The number of hydrogen-bond donors (Lipinski definition) is 0. The summed E-state index contributed by atoms with van der Waals surface area (Å²) in [5.41, 5.74) is 0.837. The molecule has 2 heterocycles. The van der Waals surface area contributed by atoms with E-state index in [-0.39, 0.29) is 11.7 Å². The molecule has 2 saturated heterocycles. The van der Waals surface area contributed by atoms with Crippen LogP contribution in [0.25, 0.3) is 6.08 Å². The molecule has 1 atom stereocenters. The third-order valence-corrected chi connectivity index (χ3v) is 4.52. The van der Waals surface area contributed by atoms with Crippen LogP contribution in [0.3, 0.4) is 0 Å². The second kappa shape index (κ2) is 7.70. The average molecular weight is 318 g/mol. The lowest BCUT2D eigenvalue weighted by molar-refractivity contribution is -0.127. The molecule has 4 nitrogen and oxygen atoms in total. The number of hydrogen-bond acceptors (Lipinski definition) is 3. The Labute approximate surface area is 136 Å². The first-order chi connectivity index (χ1) is 11.2. The van der Waals surface area contributed by atoms with Gasteiger partial charge in [0.1, 0.15) is 5.82 Å². The number of halogens is 1. The van der Waals surface area contributed by atoms with Crippen LogP contribution in [-0.2, 0) is 9.53 Å². The highest BCUT2D eigenvalue weighted by Gasteiger charge is 2.29. The van der Waals surface area contributed by atoms with Crippen LogP contribution in [0.2, 0.25) is 0 Å². The van der Waals surface area contributed by atoms with Crippen molar-refractivity contribution in [3.8, 4) is 0 Å². The molecule has 0 aromatic heterocycles. The van der Waals surface area contributed by atoms with Gasteiger partial charge < -0.3 is 9.64 Å². The van der Waals surface area contributed by atoms with Gasteiger partial charge >= 0.3 is 0 Å². The number of morpholine rings is 1. The molecule has 5 heteroatoms. The quantitative estimate of drug-likeness (QED) is 0.798. The molecule has 0 aliphatic carbocycles. The van der Waals surface area contributed by atoms with Crippen LogP contribution < -0.4 is 0 Å². The van der Waals surface area contributed by atoms with Crippen LogP contribution in [-0.4, -0.2) is 61.1 Å². The molecule has 0 N–H and O–H groups in total. The van der Waals surface area contributed by atoms with Gasteiger partial charge in [0.2, 0.25) is 5.91 Å². The Balaban J connectivity index is 1.57. The summed E-state index contributed by atoms with van der Waals surface area (Å²) in [6.07, 6.45) is 5.48. The monoisotopic (exact) mass is 318 g/mol. The molecule has 1 amide bonds. The highest BCUT2D eigenvalue weighted by molar-refractivity contribution is 5.92. The Hall–Kier alpha value is -1.72. The number of carbonyl (C=O) groups is 1. The molecular formula is C18H23FN2O2. The van der Waals surface area contributed by atoms with Crippen LogP contribution in [0, 0.1) is 5.82 Å². The first-order valence-electron chi connectivity index (χ1n) is 8.27. The van der Waals surface area contributed by atoms with E-state index in [1.54, 1.807) is 24.3 Å². The molecule has 23 heavy (non-hydrogen) atoms. The van der Waals surface area contributed by atoms with E-state index in [1.165, 1.54) is 12.1 Å². The van der Waals surface area contributed by atoms with Gasteiger partial charge in [-0.05, 0) is 36.6 Å². The summed E-state index contributed by atoms with van der Waals surface area (Å²) in [6.45, 7) is 5.21. The second-order valence-corrected chi connectivity index (χ2v) is 6.13. The minimum Gasteiger partial charge on any atom is -0.379 e. The van der Waals surface area contributed by atoms with E-state index < -0.39 is 0 Å². The van der Waals surface area contributed by atoms with Crippen molar-refractivity contribution >= 4 is 12.0 Å². The van der Waals surface area contributed by atoms with Crippen LogP contribution in [0.5, 0.6) is 0 Å². The molecule has 0 bridgehead atoms. The topological polar surface area (TPSA) is 32.8 Å². The zero-order valence-corrected chi connectivity index (χ0v) is 13.3. The first kappa shape index (κ1) is 16.1. The maximum absolute atomic E-state index is 12.9. The molecule has 3 rings (SSSR count). The van der Waals surface area contributed by atoms with Crippen LogP contribution in [0.15, 0.2) is 30.3 Å². The number of carbonyl (C=O) groups excluding carboxylic acids is 1. The van der Waals surface area contributed by atoms with Crippen molar-refractivity contribution in [2.24, 2.45) is 0 Å². The third-order valence-electron chi connectivity index (χ3n) is 4.52. The zero-order valence-electron chi connectivity index (χ0n) is 13.3.